The van der Waals surface area contributed by atoms with E-state index in [1.54, 1.807) is 20.8 Å². The largest absolute Gasteiger partial charge is 0.518 e. The van der Waals surface area contributed by atoms with E-state index >= 15 is 0 Å². The van der Waals surface area contributed by atoms with Crippen LogP contribution in [0.25, 0.3) is 0 Å². The molecule has 0 radical (unpaired) electrons. The van der Waals surface area contributed by atoms with Crippen molar-refractivity contribution in [3.8, 4) is 0 Å². The summed E-state index contributed by atoms with van der Waals surface area (Å²) in [6, 6.07) is 7.35. The first-order chi connectivity index (χ1) is 18.0. The molecule has 0 aliphatic carbocycles. The number of hydrogen-bond acceptors (Lipinski definition) is 7. The molecular formula is C30H51NO7Si2. The molecule has 0 bridgehead atoms. The van der Waals surface area contributed by atoms with E-state index in [0.29, 0.717) is 0 Å². The van der Waals surface area contributed by atoms with E-state index in [4.69, 9.17) is 18.3 Å². The van der Waals surface area contributed by atoms with Crippen LogP contribution in [0.3, 0.4) is 0 Å². The Kier molecular flexibility index (Phi) is 10.2. The topological polar surface area (TPSA) is 91.4 Å². The lowest BCUT2D eigenvalue weighted by atomic mass is 10.1. The third kappa shape index (κ3) is 8.42. The molecular weight excluding hydrogens is 543 g/mol. The second-order valence-electron chi connectivity index (χ2n) is 14.8. The predicted octanol–water partition coefficient (Wildman–Crippen LogP) is 7.05. The summed E-state index contributed by atoms with van der Waals surface area (Å²) >= 11 is 0. The van der Waals surface area contributed by atoms with Crippen LogP contribution in [0.2, 0.25) is 36.3 Å². The van der Waals surface area contributed by atoms with E-state index in [2.05, 4.69) is 0 Å². The van der Waals surface area contributed by atoms with Gasteiger partial charge in [-0.15, -0.1) is 0 Å². The summed E-state index contributed by atoms with van der Waals surface area (Å²) in [6.07, 6.45) is -1.47. The Balaban J connectivity index is 2.55. The highest BCUT2D eigenvalue weighted by Crippen LogP contribution is 2.40. The van der Waals surface area contributed by atoms with Crippen LogP contribution in [0.4, 0.5) is 4.79 Å². The number of likely N-dealkylation sites (tertiary alicyclic amines) is 1. The number of benzene rings is 1. The minimum absolute atomic E-state index is 0.0940. The van der Waals surface area contributed by atoms with Crippen molar-refractivity contribution in [2.75, 3.05) is 0 Å². The molecule has 1 fully saturated rings. The fourth-order valence-corrected chi connectivity index (χ4v) is 5.62. The van der Waals surface area contributed by atoms with Crippen molar-refractivity contribution in [3.05, 3.63) is 35.9 Å². The highest BCUT2D eigenvalue weighted by atomic mass is 28.4. The average molecular weight is 594 g/mol. The molecule has 0 spiro atoms. The Morgan fingerprint density at radius 2 is 1.27 bits per heavy atom. The minimum atomic E-state index is -2.57. The van der Waals surface area contributed by atoms with Gasteiger partial charge in [-0.3, -0.25) is 14.5 Å². The van der Waals surface area contributed by atoms with Gasteiger partial charge in [0.05, 0.1) is 12.7 Å². The van der Waals surface area contributed by atoms with Gasteiger partial charge in [0.15, 0.2) is 6.04 Å². The number of hydrogen-bond donors (Lipinski definition) is 0. The Bertz CT molecular complexity index is 1050. The molecule has 0 saturated carbocycles. The number of amides is 1. The number of nitrogens with zero attached hydrogens (tertiary/aromatic N) is 1. The summed E-state index contributed by atoms with van der Waals surface area (Å²) in [5.41, 5.74) is 0.0668. The van der Waals surface area contributed by atoms with Gasteiger partial charge in [-0.1, -0.05) is 71.9 Å². The number of carbonyl (C=O) groups is 3. The molecule has 1 saturated heterocycles. The van der Waals surface area contributed by atoms with Gasteiger partial charge < -0.3 is 18.3 Å². The summed E-state index contributed by atoms with van der Waals surface area (Å²) in [5.74, 6) is -1.13. The van der Waals surface area contributed by atoms with Crippen molar-refractivity contribution in [2.45, 2.75) is 135 Å². The molecule has 1 aromatic carbocycles. The van der Waals surface area contributed by atoms with E-state index in [-0.39, 0.29) is 23.1 Å². The smallest absolute Gasteiger partial charge is 0.411 e. The third-order valence-corrected chi connectivity index (χ3v) is 16.8. The maximum atomic E-state index is 14.0. The fraction of sp³-hybridized carbons (Fsp3) is 0.700. The molecule has 1 heterocycles. The zero-order chi connectivity index (χ0) is 30.9. The number of rotatable bonds is 7. The van der Waals surface area contributed by atoms with Crippen LogP contribution in [0.15, 0.2) is 30.3 Å². The molecule has 226 valence electrons. The Labute approximate surface area is 243 Å². The third-order valence-electron chi connectivity index (χ3n) is 8.19. The summed E-state index contributed by atoms with van der Waals surface area (Å²) in [5, 5.41) is -0.485. The molecule has 0 N–H and O–H groups in total. The molecule has 1 amide bonds. The second-order valence-corrected chi connectivity index (χ2v) is 24.2. The first kappa shape index (κ1) is 34.0. The highest BCUT2D eigenvalue weighted by Gasteiger charge is 2.56. The van der Waals surface area contributed by atoms with Gasteiger partial charge in [0.2, 0.25) is 0 Å². The van der Waals surface area contributed by atoms with Gasteiger partial charge in [-0.25, -0.2) is 4.79 Å². The summed E-state index contributed by atoms with van der Waals surface area (Å²) in [6.45, 7) is 25.6. The maximum absolute atomic E-state index is 14.0. The Morgan fingerprint density at radius 1 is 0.800 bits per heavy atom. The molecule has 1 aromatic rings. The number of carbonyl (C=O) groups excluding carboxylic acids is 3. The van der Waals surface area contributed by atoms with Crippen molar-refractivity contribution in [3.63, 3.8) is 0 Å². The van der Waals surface area contributed by atoms with Crippen molar-refractivity contribution in [1.82, 2.24) is 4.90 Å². The second kappa shape index (κ2) is 12.0. The highest BCUT2D eigenvalue weighted by molar-refractivity contribution is 6.76. The van der Waals surface area contributed by atoms with Crippen molar-refractivity contribution in [2.24, 2.45) is 0 Å². The van der Waals surface area contributed by atoms with Crippen molar-refractivity contribution < 1.29 is 32.7 Å². The fourth-order valence-electron chi connectivity index (χ4n) is 3.74. The molecule has 2 rings (SSSR count). The monoisotopic (exact) mass is 593 g/mol. The molecule has 40 heavy (non-hydrogen) atoms. The molecule has 10 heteroatoms. The van der Waals surface area contributed by atoms with Gasteiger partial charge >= 0.3 is 18.0 Å². The van der Waals surface area contributed by atoms with E-state index in [1.165, 1.54) is 4.90 Å². The minimum Gasteiger partial charge on any atom is -0.518 e. The average Bonchev–Trinajstić information content (AvgIpc) is 3.15. The summed E-state index contributed by atoms with van der Waals surface area (Å²) in [4.78, 5) is 42.7. The van der Waals surface area contributed by atoms with Crippen LogP contribution in [0.1, 0.15) is 74.3 Å². The summed E-state index contributed by atoms with van der Waals surface area (Å²) < 4.78 is 24.3. The van der Waals surface area contributed by atoms with E-state index in [9.17, 15) is 14.4 Å². The Morgan fingerprint density at radius 3 is 1.73 bits per heavy atom. The maximum Gasteiger partial charge on any atom is 0.411 e. The Hall–Kier alpha value is -2.18. The molecule has 0 aromatic heterocycles. The molecule has 1 aliphatic rings. The van der Waals surface area contributed by atoms with Crippen LogP contribution < -0.4 is 0 Å². The van der Waals surface area contributed by atoms with E-state index in [1.807, 2.05) is 98.1 Å². The lowest BCUT2D eigenvalue weighted by molar-refractivity contribution is -0.147. The molecule has 1 aliphatic heterocycles. The molecule has 0 unspecified atom stereocenters. The van der Waals surface area contributed by atoms with Gasteiger partial charge in [-0.05, 0) is 62.6 Å². The molecule has 3 atom stereocenters. The quantitative estimate of drug-likeness (QED) is 0.313. The van der Waals surface area contributed by atoms with Crippen LogP contribution in [0.5, 0.6) is 0 Å². The zero-order valence-corrected chi connectivity index (χ0v) is 28.8. The van der Waals surface area contributed by atoms with Gasteiger partial charge in [0.1, 0.15) is 11.6 Å². The summed E-state index contributed by atoms with van der Waals surface area (Å²) in [7, 11) is -5.10. The van der Waals surface area contributed by atoms with Crippen molar-refractivity contribution in [1.29, 1.82) is 0 Å². The predicted molar refractivity (Wildman–Crippen MR) is 162 cm³/mol. The van der Waals surface area contributed by atoms with Gasteiger partial charge in [0, 0.05) is 6.42 Å². The van der Waals surface area contributed by atoms with Gasteiger partial charge in [-0.2, -0.15) is 0 Å². The van der Waals surface area contributed by atoms with E-state index in [0.717, 1.165) is 5.56 Å². The standard InChI is InChI=1S/C30H51NO7Si2/c1-28(2,3)36-27(34)31-22(25(32)37-39(10,11)29(4,5)6)19-23(35-20-21-17-15-14-16-18-21)24(31)26(33)38-40(12,13)30(7,8)9/h14-18,22-24H,19-20H2,1-13H3/t22-,23+,24+/m1/s1. The normalized spacial score (nSPS) is 20.7. The van der Waals surface area contributed by atoms with Crippen LogP contribution in [-0.4, -0.2) is 63.4 Å². The van der Waals surface area contributed by atoms with E-state index < -0.39 is 58.5 Å². The first-order valence-corrected chi connectivity index (χ1v) is 19.9. The van der Waals surface area contributed by atoms with Gasteiger partial charge in [0.25, 0.3) is 16.6 Å². The lowest BCUT2D eigenvalue weighted by Gasteiger charge is -2.39. The van der Waals surface area contributed by atoms with Crippen molar-refractivity contribution >= 4 is 34.7 Å². The van der Waals surface area contributed by atoms with Crippen LogP contribution >= 0.6 is 0 Å². The lowest BCUT2D eigenvalue weighted by Crippen LogP contribution is -2.56. The zero-order valence-electron chi connectivity index (χ0n) is 26.8. The van der Waals surface area contributed by atoms with Crippen LogP contribution in [-0.2, 0) is 34.5 Å². The first-order valence-electron chi connectivity index (χ1n) is 14.1. The SMILES string of the molecule is CC(C)(C)OC(=O)N1[C@@H](C(=O)O[Si](C)(C)C(C)(C)C)C[C@H](OCc2ccccc2)[C@H]1C(=O)O[Si](C)(C)C(C)(C)C. The molecule has 8 nitrogen and oxygen atoms in total. The number of ether oxygens (including phenoxy) is 2. The van der Waals surface area contributed by atoms with Crippen LogP contribution in [0, 0.1) is 0 Å².